The van der Waals surface area contributed by atoms with Crippen LogP contribution >= 0.6 is 0 Å². The van der Waals surface area contributed by atoms with Gasteiger partial charge in [-0.2, -0.15) is 5.26 Å². The van der Waals surface area contributed by atoms with Gasteiger partial charge in [-0.15, -0.1) is 0 Å². The summed E-state index contributed by atoms with van der Waals surface area (Å²) >= 11 is 0. The molecule has 0 saturated heterocycles. The molecule has 1 aromatic rings. The maximum atomic E-state index is 11.3. The molecule has 0 aromatic heterocycles. The van der Waals surface area contributed by atoms with Gasteiger partial charge in [0.1, 0.15) is 0 Å². The molecule has 3 fully saturated rings. The number of aliphatic hydroxyl groups excluding tert-OH is 1. The molecule has 4 heteroatoms. The number of esters is 1. The molecule has 2 bridgehead atoms. The van der Waals surface area contributed by atoms with E-state index in [1.807, 2.05) is 32.0 Å². The number of allylic oxidation sites excluding steroid dienone is 2. The fourth-order valence-corrected chi connectivity index (χ4v) is 7.25. The Labute approximate surface area is 245 Å². The highest BCUT2D eigenvalue weighted by Gasteiger charge is 2.63. The van der Waals surface area contributed by atoms with Gasteiger partial charge in [-0.1, -0.05) is 78.3 Å². The number of fused-ring (bicyclic) bond motifs is 4. The van der Waals surface area contributed by atoms with E-state index >= 15 is 0 Å². The van der Waals surface area contributed by atoms with Crippen LogP contribution in [-0.2, 0) is 4.74 Å². The molecule has 4 nitrogen and oxygen atoms in total. The highest BCUT2D eigenvalue weighted by atomic mass is 16.5. The molecule has 3 saturated carbocycles. The Balaban J connectivity index is 0.000000215. The van der Waals surface area contributed by atoms with Gasteiger partial charge in [0.15, 0.2) is 0 Å². The first-order chi connectivity index (χ1) is 18.7. The third-order valence-corrected chi connectivity index (χ3v) is 10.4. The van der Waals surface area contributed by atoms with Gasteiger partial charge in [0, 0.05) is 6.42 Å². The maximum Gasteiger partial charge on any atom is 0.338 e. The van der Waals surface area contributed by atoms with E-state index in [4.69, 9.17) is 10.00 Å². The Bertz CT molecular complexity index is 987. The van der Waals surface area contributed by atoms with Crippen LogP contribution in [-0.4, -0.2) is 23.8 Å². The third-order valence-electron chi connectivity index (χ3n) is 10.4. The van der Waals surface area contributed by atoms with E-state index in [2.05, 4.69) is 60.6 Å². The van der Waals surface area contributed by atoms with Crippen molar-refractivity contribution in [1.82, 2.24) is 0 Å². The molecular formula is C36H57NO3. The van der Waals surface area contributed by atoms with Crippen molar-refractivity contribution in [2.45, 2.75) is 113 Å². The van der Waals surface area contributed by atoms with Crippen LogP contribution in [0.25, 0.3) is 0 Å². The van der Waals surface area contributed by atoms with E-state index in [0.717, 1.165) is 37.0 Å². The summed E-state index contributed by atoms with van der Waals surface area (Å²) in [7, 11) is 0. The summed E-state index contributed by atoms with van der Waals surface area (Å²) in [6.45, 7) is 20.6. The number of ether oxygens (including phenoxy) is 1. The van der Waals surface area contributed by atoms with E-state index < -0.39 is 0 Å². The second kappa shape index (κ2) is 15.2. The summed E-state index contributed by atoms with van der Waals surface area (Å²) < 4.78 is 5.05. The molecule has 224 valence electrons. The zero-order valence-electron chi connectivity index (χ0n) is 26.9. The van der Waals surface area contributed by atoms with Crippen LogP contribution in [0.2, 0.25) is 0 Å². The van der Waals surface area contributed by atoms with E-state index in [1.165, 1.54) is 24.8 Å². The standard InChI is InChI=1S/C15H26O.C11H14O2.C10H17N/c1-9-11-7-10-5-6-15(4,14(10,2)3)12(11)8-13(9)16;1-9(2)8-13-11(12)10-6-4-3-5-7-10;1-9(2)5-4-6-10(3)7-8-11/h9-13,16H,5-8H2,1-4H3;3-7,9H,8H2,1-2H3;5,10H,4,6-7H2,1-3H3. The molecule has 0 amide bonds. The summed E-state index contributed by atoms with van der Waals surface area (Å²) in [5.41, 5.74) is 2.97. The molecule has 7 atom stereocenters. The lowest BCUT2D eigenvalue weighted by atomic mass is 9.51. The number of carbonyl (C=O) groups is 1. The predicted octanol–water partition coefficient (Wildman–Crippen LogP) is 9.25. The van der Waals surface area contributed by atoms with Gasteiger partial charge in [-0.25, -0.2) is 4.79 Å². The fraction of sp³-hybridized carbons (Fsp3) is 0.722. The van der Waals surface area contributed by atoms with E-state index in [0.29, 0.717) is 47.2 Å². The zero-order chi connectivity index (χ0) is 30.1. The zero-order valence-corrected chi connectivity index (χ0v) is 26.9. The smallest absolute Gasteiger partial charge is 0.338 e. The van der Waals surface area contributed by atoms with Crippen molar-refractivity contribution < 1.29 is 14.6 Å². The monoisotopic (exact) mass is 551 g/mol. The summed E-state index contributed by atoms with van der Waals surface area (Å²) in [4.78, 5) is 11.3. The number of benzene rings is 1. The van der Waals surface area contributed by atoms with Crippen LogP contribution in [0.15, 0.2) is 42.0 Å². The molecule has 3 aliphatic carbocycles. The average Bonchev–Trinajstić information content (AvgIpc) is 3.24. The van der Waals surface area contributed by atoms with Gasteiger partial charge in [-0.3, -0.25) is 0 Å². The summed E-state index contributed by atoms with van der Waals surface area (Å²) in [5, 5.41) is 18.5. The van der Waals surface area contributed by atoms with Gasteiger partial charge in [0.25, 0.3) is 0 Å². The predicted molar refractivity (Wildman–Crippen MR) is 166 cm³/mol. The third kappa shape index (κ3) is 8.69. The van der Waals surface area contributed by atoms with E-state index in [1.54, 1.807) is 12.1 Å². The lowest BCUT2D eigenvalue weighted by Crippen LogP contribution is -2.47. The summed E-state index contributed by atoms with van der Waals surface area (Å²) in [6.07, 6.45) is 10.4. The van der Waals surface area contributed by atoms with Crippen LogP contribution in [0, 0.1) is 57.7 Å². The van der Waals surface area contributed by atoms with Crippen molar-refractivity contribution in [2.24, 2.45) is 46.3 Å². The minimum Gasteiger partial charge on any atom is -0.462 e. The lowest BCUT2D eigenvalue weighted by molar-refractivity contribution is -0.0488. The number of nitrogens with zero attached hydrogens (tertiary/aromatic N) is 1. The SMILES string of the molecule is CC(C)=CCCC(C)CC#N.CC(C)COC(=O)c1ccccc1.CC1C(O)CC2C1CC1CCC2(C)C1(C)C. The first kappa shape index (κ1) is 34.1. The molecule has 0 aliphatic heterocycles. The van der Waals surface area contributed by atoms with Crippen LogP contribution in [0.4, 0.5) is 0 Å². The molecule has 0 spiro atoms. The van der Waals surface area contributed by atoms with Crippen molar-refractivity contribution in [2.75, 3.05) is 6.61 Å². The Morgan fingerprint density at radius 1 is 1.15 bits per heavy atom. The molecule has 0 radical (unpaired) electrons. The fourth-order valence-electron chi connectivity index (χ4n) is 7.25. The lowest BCUT2D eigenvalue weighted by Gasteiger charge is -2.53. The van der Waals surface area contributed by atoms with E-state index in [-0.39, 0.29) is 12.1 Å². The maximum absolute atomic E-state index is 11.3. The molecule has 40 heavy (non-hydrogen) atoms. The van der Waals surface area contributed by atoms with Crippen molar-refractivity contribution in [1.29, 1.82) is 5.26 Å². The van der Waals surface area contributed by atoms with Gasteiger partial charge >= 0.3 is 5.97 Å². The van der Waals surface area contributed by atoms with Gasteiger partial charge in [0.05, 0.1) is 24.3 Å². The largest absolute Gasteiger partial charge is 0.462 e. The molecule has 1 aromatic carbocycles. The Morgan fingerprint density at radius 3 is 2.38 bits per heavy atom. The van der Waals surface area contributed by atoms with Crippen LogP contribution in [0.5, 0.6) is 0 Å². The first-order valence-electron chi connectivity index (χ1n) is 15.6. The van der Waals surface area contributed by atoms with Crippen LogP contribution in [0.1, 0.15) is 118 Å². The Hall–Kier alpha value is -2.12. The molecule has 4 rings (SSSR count). The normalized spacial score (nSPS) is 30.0. The molecule has 0 heterocycles. The Kier molecular flexibility index (Phi) is 13.0. The topological polar surface area (TPSA) is 70.3 Å². The molecule has 1 N–H and O–H groups in total. The second-order valence-corrected chi connectivity index (χ2v) is 14.2. The highest BCUT2D eigenvalue weighted by molar-refractivity contribution is 5.89. The summed E-state index contributed by atoms with van der Waals surface area (Å²) in [5.74, 6) is 3.73. The van der Waals surface area contributed by atoms with Gasteiger partial charge in [0.2, 0.25) is 0 Å². The highest BCUT2D eigenvalue weighted by Crippen LogP contribution is 2.70. The van der Waals surface area contributed by atoms with Crippen LogP contribution < -0.4 is 0 Å². The number of hydrogen-bond donors (Lipinski definition) is 1. The number of aliphatic hydroxyl groups is 1. The molecule has 7 unspecified atom stereocenters. The van der Waals surface area contributed by atoms with Crippen molar-refractivity contribution >= 4 is 5.97 Å². The number of rotatable bonds is 7. The Morgan fingerprint density at radius 2 is 1.80 bits per heavy atom. The van der Waals surface area contributed by atoms with E-state index in [9.17, 15) is 9.90 Å². The quantitative estimate of drug-likeness (QED) is 0.271. The molecular weight excluding hydrogens is 494 g/mol. The minimum atomic E-state index is -0.241. The average molecular weight is 552 g/mol. The van der Waals surface area contributed by atoms with Gasteiger partial charge in [-0.05, 0) is 111 Å². The number of nitriles is 1. The van der Waals surface area contributed by atoms with Crippen LogP contribution in [0.3, 0.4) is 0 Å². The number of carbonyl (C=O) groups excluding carboxylic acids is 1. The van der Waals surface area contributed by atoms with Crippen molar-refractivity contribution in [3.8, 4) is 6.07 Å². The van der Waals surface area contributed by atoms with Gasteiger partial charge < -0.3 is 9.84 Å². The summed E-state index contributed by atoms with van der Waals surface area (Å²) in [6, 6.07) is 11.2. The van der Waals surface area contributed by atoms with Crippen molar-refractivity contribution in [3.05, 3.63) is 47.5 Å². The first-order valence-corrected chi connectivity index (χ1v) is 15.6. The second-order valence-electron chi connectivity index (χ2n) is 14.2. The minimum absolute atomic E-state index is 0.0259. The molecule has 3 aliphatic rings. The van der Waals surface area contributed by atoms with Crippen molar-refractivity contribution in [3.63, 3.8) is 0 Å². The number of hydrogen-bond acceptors (Lipinski definition) is 4.